The summed E-state index contributed by atoms with van der Waals surface area (Å²) in [7, 11) is 0. The molecule has 4 unspecified atom stereocenters. The Hall–Kier alpha value is -2.03. The summed E-state index contributed by atoms with van der Waals surface area (Å²) in [5, 5.41) is 24.7. The molecule has 0 bridgehead atoms. The average Bonchev–Trinajstić information content (AvgIpc) is 2.61. The fourth-order valence-electron chi connectivity index (χ4n) is 1.70. The highest BCUT2D eigenvalue weighted by Gasteiger charge is 2.29. The minimum atomic E-state index is -1.63. The molecule has 9 N–H and O–H groups in total. The van der Waals surface area contributed by atoms with E-state index in [0.29, 0.717) is 0 Å². The van der Waals surface area contributed by atoms with Gasteiger partial charge in [-0.3, -0.25) is 19.2 Å². The molecule has 0 radical (unpaired) electrons. The minimum absolute atomic E-state index is 0.0326. The number of amides is 4. The Morgan fingerprint density at radius 1 is 0.852 bits per heavy atom. The van der Waals surface area contributed by atoms with E-state index < -0.39 is 66.8 Å². The molecule has 0 aliphatic heterocycles. The van der Waals surface area contributed by atoms with Crippen LogP contribution in [0.3, 0.4) is 0 Å². The molecular formula is C13H23N5O7S2. The predicted molar refractivity (Wildman–Crippen MR) is 100 cm³/mol. The van der Waals surface area contributed by atoms with Gasteiger partial charge < -0.3 is 37.6 Å². The standard InChI is InChI=1S/C13H23N5O7S2/c14-5(3-26)10(21)18-8(4-27)12(23)17-7(2-19)11(22)16-6(13(24)25)1-9(15)20/h5-8,19,26-27H,1-4,14H2,(H2,15,20)(H,16,22)(H,17,23)(H,18,21)(H,24,25). The van der Waals surface area contributed by atoms with Gasteiger partial charge in [0.15, 0.2) is 0 Å². The number of primary amides is 1. The first-order valence-electron chi connectivity index (χ1n) is 7.57. The van der Waals surface area contributed by atoms with Crippen molar-refractivity contribution in [3.63, 3.8) is 0 Å². The molecule has 0 saturated heterocycles. The van der Waals surface area contributed by atoms with Crippen molar-refractivity contribution in [2.45, 2.75) is 30.6 Å². The number of carbonyl (C=O) groups excluding carboxylic acids is 4. The molecule has 0 saturated carbocycles. The second kappa shape index (κ2) is 12.4. The zero-order chi connectivity index (χ0) is 21.1. The van der Waals surface area contributed by atoms with Crippen LogP contribution in [0.2, 0.25) is 0 Å². The topological polar surface area (TPSA) is 214 Å². The molecule has 0 aromatic rings. The van der Waals surface area contributed by atoms with Gasteiger partial charge >= 0.3 is 5.97 Å². The van der Waals surface area contributed by atoms with Gasteiger partial charge in [0.1, 0.15) is 18.1 Å². The molecule has 0 aliphatic carbocycles. The van der Waals surface area contributed by atoms with Gasteiger partial charge in [0.25, 0.3) is 0 Å². The van der Waals surface area contributed by atoms with Crippen molar-refractivity contribution in [3.8, 4) is 0 Å². The Balaban J connectivity index is 4.98. The van der Waals surface area contributed by atoms with Gasteiger partial charge in [-0.1, -0.05) is 0 Å². The number of aliphatic hydroxyl groups is 1. The van der Waals surface area contributed by atoms with Crippen LogP contribution in [-0.2, 0) is 24.0 Å². The third kappa shape index (κ3) is 8.94. The lowest BCUT2D eigenvalue weighted by molar-refractivity contribution is -0.144. The third-order valence-electron chi connectivity index (χ3n) is 3.18. The molecule has 12 nitrogen and oxygen atoms in total. The van der Waals surface area contributed by atoms with E-state index in [0.717, 1.165) is 0 Å². The Kier molecular flexibility index (Phi) is 11.4. The van der Waals surface area contributed by atoms with Crippen molar-refractivity contribution in [1.29, 1.82) is 0 Å². The van der Waals surface area contributed by atoms with Crippen molar-refractivity contribution in [1.82, 2.24) is 16.0 Å². The fraction of sp³-hybridized carbons (Fsp3) is 0.615. The van der Waals surface area contributed by atoms with Gasteiger partial charge in [0, 0.05) is 11.5 Å². The number of hydrogen-bond donors (Lipinski definition) is 9. The van der Waals surface area contributed by atoms with Gasteiger partial charge in [-0.15, -0.1) is 0 Å². The van der Waals surface area contributed by atoms with Gasteiger partial charge in [-0.05, 0) is 0 Å². The zero-order valence-electron chi connectivity index (χ0n) is 14.1. The Morgan fingerprint density at radius 2 is 1.33 bits per heavy atom. The van der Waals surface area contributed by atoms with Crippen molar-refractivity contribution < 1.29 is 34.2 Å². The molecule has 0 aromatic heterocycles. The van der Waals surface area contributed by atoms with E-state index in [-0.39, 0.29) is 11.5 Å². The number of carboxylic acids is 1. The molecule has 0 spiro atoms. The molecule has 0 rings (SSSR count). The van der Waals surface area contributed by atoms with Gasteiger partial charge in [0.2, 0.25) is 23.6 Å². The lowest BCUT2D eigenvalue weighted by Gasteiger charge is -2.23. The van der Waals surface area contributed by atoms with Crippen molar-refractivity contribution in [2.75, 3.05) is 18.1 Å². The molecule has 154 valence electrons. The molecule has 0 fully saturated rings. The number of aliphatic carboxylic acids is 1. The van der Waals surface area contributed by atoms with Crippen molar-refractivity contribution in [3.05, 3.63) is 0 Å². The van der Waals surface area contributed by atoms with Crippen LogP contribution in [-0.4, -0.2) is 82.1 Å². The summed E-state index contributed by atoms with van der Waals surface area (Å²) < 4.78 is 0. The molecule has 0 aromatic carbocycles. The highest BCUT2D eigenvalue weighted by atomic mass is 32.1. The van der Waals surface area contributed by atoms with Crippen LogP contribution in [0.5, 0.6) is 0 Å². The molecule has 0 heterocycles. The first-order chi connectivity index (χ1) is 12.6. The maximum Gasteiger partial charge on any atom is 0.326 e. The normalized spacial score (nSPS) is 15.0. The van der Waals surface area contributed by atoms with Crippen molar-refractivity contribution >= 4 is 54.9 Å². The largest absolute Gasteiger partial charge is 0.480 e. The summed E-state index contributed by atoms with van der Waals surface area (Å²) in [4.78, 5) is 57.8. The molecule has 4 amide bonds. The maximum absolute atomic E-state index is 12.2. The average molecular weight is 425 g/mol. The third-order valence-corrected chi connectivity index (χ3v) is 3.94. The summed E-state index contributed by atoms with van der Waals surface area (Å²) in [6, 6.07) is -5.31. The molecule has 0 aliphatic rings. The van der Waals surface area contributed by atoms with E-state index in [4.69, 9.17) is 16.6 Å². The summed E-state index contributed by atoms with van der Waals surface area (Å²) in [6.07, 6.45) is -0.676. The van der Waals surface area contributed by atoms with E-state index in [1.165, 1.54) is 0 Å². The van der Waals surface area contributed by atoms with Gasteiger partial charge in [-0.2, -0.15) is 25.3 Å². The van der Waals surface area contributed by atoms with Crippen LogP contribution in [0.1, 0.15) is 6.42 Å². The van der Waals surface area contributed by atoms with Crippen LogP contribution in [0.4, 0.5) is 0 Å². The number of rotatable bonds is 12. The van der Waals surface area contributed by atoms with E-state index in [9.17, 15) is 29.1 Å². The van der Waals surface area contributed by atoms with E-state index in [1.54, 1.807) is 0 Å². The first-order valence-corrected chi connectivity index (χ1v) is 8.84. The van der Waals surface area contributed by atoms with Crippen LogP contribution in [0.25, 0.3) is 0 Å². The molecule has 14 heteroatoms. The van der Waals surface area contributed by atoms with Gasteiger partial charge in [-0.25, -0.2) is 4.79 Å². The monoisotopic (exact) mass is 425 g/mol. The molecule has 27 heavy (non-hydrogen) atoms. The molecule has 4 atom stereocenters. The van der Waals surface area contributed by atoms with Crippen LogP contribution >= 0.6 is 25.3 Å². The fourth-order valence-corrected chi connectivity index (χ4v) is 2.12. The quantitative estimate of drug-likeness (QED) is 0.139. The minimum Gasteiger partial charge on any atom is -0.480 e. The number of nitrogens with two attached hydrogens (primary N) is 2. The number of hydrogen-bond acceptors (Lipinski definition) is 9. The number of aliphatic hydroxyl groups excluding tert-OH is 1. The number of carbonyl (C=O) groups is 5. The molecular weight excluding hydrogens is 402 g/mol. The Morgan fingerprint density at radius 3 is 1.74 bits per heavy atom. The number of thiol groups is 2. The zero-order valence-corrected chi connectivity index (χ0v) is 15.9. The van der Waals surface area contributed by atoms with Crippen LogP contribution < -0.4 is 27.4 Å². The number of nitrogens with one attached hydrogen (secondary N) is 3. The summed E-state index contributed by atoms with van der Waals surface area (Å²) >= 11 is 7.78. The summed E-state index contributed by atoms with van der Waals surface area (Å²) in [6.45, 7) is -0.871. The Bertz CT molecular complexity index is 577. The smallest absolute Gasteiger partial charge is 0.326 e. The summed E-state index contributed by atoms with van der Waals surface area (Å²) in [5.41, 5.74) is 10.4. The predicted octanol–water partition coefficient (Wildman–Crippen LogP) is -4.42. The Labute approximate surface area is 165 Å². The van der Waals surface area contributed by atoms with Gasteiger partial charge in [0.05, 0.1) is 19.1 Å². The lowest BCUT2D eigenvalue weighted by atomic mass is 10.1. The van der Waals surface area contributed by atoms with E-state index in [1.807, 2.05) is 5.32 Å². The highest BCUT2D eigenvalue weighted by Crippen LogP contribution is 1.97. The second-order valence-corrected chi connectivity index (χ2v) is 6.08. The van der Waals surface area contributed by atoms with E-state index >= 15 is 0 Å². The van der Waals surface area contributed by atoms with Crippen molar-refractivity contribution in [2.24, 2.45) is 11.5 Å². The lowest BCUT2D eigenvalue weighted by Crippen LogP contribution is -2.58. The highest BCUT2D eigenvalue weighted by molar-refractivity contribution is 7.80. The van der Waals surface area contributed by atoms with Crippen LogP contribution in [0.15, 0.2) is 0 Å². The number of carboxylic acid groups (broad SMARTS) is 1. The first kappa shape index (κ1) is 25.0. The summed E-state index contributed by atoms with van der Waals surface area (Å²) in [5.74, 6) is -5.19. The SMILES string of the molecule is NC(=O)CC(NC(=O)C(CO)NC(=O)C(CS)NC(=O)C(N)CS)C(=O)O. The van der Waals surface area contributed by atoms with E-state index in [2.05, 4.69) is 35.9 Å². The maximum atomic E-state index is 12.2. The van der Waals surface area contributed by atoms with Crippen LogP contribution in [0, 0.1) is 0 Å². The second-order valence-electron chi connectivity index (χ2n) is 5.35.